The zero-order valence-corrected chi connectivity index (χ0v) is 33.1. The summed E-state index contributed by atoms with van der Waals surface area (Å²) in [5.74, 6) is 1.25. The van der Waals surface area contributed by atoms with E-state index < -0.39 is 5.41 Å². The van der Waals surface area contributed by atoms with Crippen LogP contribution in [0.2, 0.25) is 0 Å². The van der Waals surface area contributed by atoms with Gasteiger partial charge < -0.3 is 24.4 Å². The number of aromatic nitrogens is 1. The molecule has 54 heavy (non-hydrogen) atoms. The van der Waals surface area contributed by atoms with Gasteiger partial charge in [-0.1, -0.05) is 104 Å². The van der Waals surface area contributed by atoms with E-state index in [4.69, 9.17) is 9.72 Å². The van der Waals surface area contributed by atoms with Gasteiger partial charge in [-0.2, -0.15) is 6.07 Å². The molecule has 6 aromatic carbocycles. The van der Waals surface area contributed by atoms with Crippen molar-refractivity contribution in [3.8, 4) is 22.8 Å². The molecule has 0 spiro atoms. The summed E-state index contributed by atoms with van der Waals surface area (Å²) in [5.41, 5.74) is 14.8. The van der Waals surface area contributed by atoms with Gasteiger partial charge in [0.25, 0.3) is 0 Å². The van der Waals surface area contributed by atoms with Gasteiger partial charge in [-0.3, -0.25) is 0 Å². The SMILES string of the molecule is Cc1cc(C)c(N2[CH-]N(c3[c-]c(Oc4[c-]c(-c5ccccn5)cc5c4C(C)(C)c4ccccc4N5c4ccccc4)ccc3)c3ccccc32)c(C)c1.[Pt]. The Hall–Kier alpha value is -5.64. The van der Waals surface area contributed by atoms with E-state index in [9.17, 15) is 0 Å². The molecule has 0 fully saturated rings. The molecule has 0 radical (unpaired) electrons. The molecule has 2 aliphatic rings. The maximum atomic E-state index is 7.01. The summed E-state index contributed by atoms with van der Waals surface area (Å²) in [6.45, 7) is 13.2. The number of ether oxygens (including phenoxy) is 1. The molecule has 6 heteroatoms. The van der Waals surface area contributed by atoms with Crippen molar-refractivity contribution >= 4 is 39.8 Å². The van der Waals surface area contributed by atoms with Gasteiger partial charge >= 0.3 is 0 Å². The Labute approximate surface area is 332 Å². The number of para-hydroxylation sites is 4. The minimum Gasteiger partial charge on any atom is -0.502 e. The van der Waals surface area contributed by atoms with Crippen molar-refractivity contribution in [2.75, 3.05) is 14.7 Å². The van der Waals surface area contributed by atoms with Crippen molar-refractivity contribution in [2.45, 2.75) is 40.0 Å². The van der Waals surface area contributed by atoms with E-state index in [0.29, 0.717) is 11.5 Å². The van der Waals surface area contributed by atoms with Crippen molar-refractivity contribution in [1.82, 2.24) is 4.98 Å². The summed E-state index contributed by atoms with van der Waals surface area (Å²) in [6.07, 6.45) is 1.82. The molecule has 2 aliphatic heterocycles. The maximum absolute atomic E-state index is 7.01. The Balaban J connectivity index is 0.00000413. The van der Waals surface area contributed by atoms with Crippen LogP contribution in [-0.2, 0) is 26.5 Å². The molecule has 7 aromatic rings. The minimum absolute atomic E-state index is 0. The van der Waals surface area contributed by atoms with E-state index in [0.717, 1.165) is 50.9 Å². The molecule has 270 valence electrons. The Bertz CT molecular complexity index is 2470. The molecule has 0 saturated carbocycles. The van der Waals surface area contributed by atoms with Gasteiger partial charge in [0.2, 0.25) is 0 Å². The Morgan fingerprint density at radius 3 is 2.04 bits per heavy atom. The molecule has 0 unspecified atom stereocenters. The molecular weight excluding hydrogens is 844 g/mol. The maximum Gasteiger partial charge on any atom is 0.0481 e. The van der Waals surface area contributed by atoms with E-state index in [1.807, 2.05) is 36.5 Å². The summed E-state index contributed by atoms with van der Waals surface area (Å²) in [7, 11) is 0. The second-order valence-electron chi connectivity index (χ2n) is 14.4. The molecule has 0 saturated heterocycles. The van der Waals surface area contributed by atoms with Crippen molar-refractivity contribution in [2.24, 2.45) is 0 Å². The topological polar surface area (TPSA) is 31.8 Å². The quantitative estimate of drug-likeness (QED) is 0.155. The van der Waals surface area contributed by atoms with Crippen LogP contribution in [0, 0.1) is 39.6 Å². The average Bonchev–Trinajstić information content (AvgIpc) is 3.54. The van der Waals surface area contributed by atoms with Crippen LogP contribution in [0.4, 0.5) is 39.8 Å². The van der Waals surface area contributed by atoms with Crippen LogP contribution in [0.5, 0.6) is 11.5 Å². The van der Waals surface area contributed by atoms with Crippen LogP contribution in [0.1, 0.15) is 41.7 Å². The van der Waals surface area contributed by atoms with Gasteiger partial charge in [-0.05, 0) is 90.7 Å². The first-order valence-electron chi connectivity index (χ1n) is 18.1. The molecule has 0 aliphatic carbocycles. The molecule has 0 bridgehead atoms. The predicted octanol–water partition coefficient (Wildman–Crippen LogP) is 12.6. The van der Waals surface area contributed by atoms with Crippen LogP contribution >= 0.6 is 0 Å². The van der Waals surface area contributed by atoms with Gasteiger partial charge in [-0.15, -0.1) is 42.2 Å². The normalized spacial score (nSPS) is 13.8. The second-order valence-corrected chi connectivity index (χ2v) is 14.4. The van der Waals surface area contributed by atoms with Crippen molar-refractivity contribution in [3.05, 3.63) is 186 Å². The van der Waals surface area contributed by atoms with E-state index in [-0.39, 0.29) is 21.1 Å². The fourth-order valence-corrected chi connectivity index (χ4v) is 8.16. The monoisotopic (exact) mass is 882 g/mol. The number of rotatable bonds is 6. The number of anilines is 7. The van der Waals surface area contributed by atoms with Gasteiger partial charge in [0.1, 0.15) is 0 Å². The van der Waals surface area contributed by atoms with E-state index >= 15 is 0 Å². The van der Waals surface area contributed by atoms with Gasteiger partial charge in [0.15, 0.2) is 0 Å². The third-order valence-electron chi connectivity index (χ3n) is 10.4. The molecule has 5 nitrogen and oxygen atoms in total. The minimum atomic E-state index is -0.408. The van der Waals surface area contributed by atoms with Crippen LogP contribution in [-0.4, -0.2) is 4.98 Å². The molecule has 3 heterocycles. The van der Waals surface area contributed by atoms with E-state index in [1.54, 1.807) is 0 Å². The first-order chi connectivity index (χ1) is 25.8. The second kappa shape index (κ2) is 14.0. The standard InChI is InChI=1S/C48H39N4O.Pt/c1-32-26-33(2)47(34(3)27-32)51-31-50(42-23-11-12-24-43(42)51)37-18-15-19-38(30-37)53-45-29-35(40-21-13-14-25-49-40)28-44-46(45)48(4,5)39-20-9-10-22-41(39)52(44)36-16-7-6-8-17-36;/h6-28,31H,1-5H3;/q-3;. The van der Waals surface area contributed by atoms with E-state index in [2.05, 4.69) is 171 Å². The van der Waals surface area contributed by atoms with Gasteiger partial charge in [-0.25, -0.2) is 0 Å². The smallest absolute Gasteiger partial charge is 0.0481 e. The Morgan fingerprint density at radius 2 is 1.31 bits per heavy atom. The first kappa shape index (κ1) is 35.4. The van der Waals surface area contributed by atoms with Crippen LogP contribution < -0.4 is 19.4 Å². The number of hydrogen-bond donors (Lipinski definition) is 0. The van der Waals surface area contributed by atoms with Crippen LogP contribution in [0.15, 0.2) is 140 Å². The molecule has 9 rings (SSSR count). The third kappa shape index (κ3) is 5.97. The number of aryl methyl sites for hydroxylation is 3. The average molecular weight is 883 g/mol. The van der Waals surface area contributed by atoms with Crippen LogP contribution in [0.3, 0.4) is 0 Å². The third-order valence-corrected chi connectivity index (χ3v) is 10.4. The zero-order chi connectivity index (χ0) is 36.3. The molecule has 0 N–H and O–H groups in total. The summed E-state index contributed by atoms with van der Waals surface area (Å²) < 4.78 is 7.01. The first-order valence-corrected chi connectivity index (χ1v) is 18.1. The number of fused-ring (bicyclic) bond motifs is 3. The predicted molar refractivity (Wildman–Crippen MR) is 216 cm³/mol. The van der Waals surface area contributed by atoms with Gasteiger partial charge in [0.05, 0.1) is 0 Å². The number of benzene rings is 6. The van der Waals surface area contributed by atoms with Crippen molar-refractivity contribution in [1.29, 1.82) is 0 Å². The molecule has 1 aromatic heterocycles. The molecular formula is C48H39N4OPt-3. The fraction of sp³-hybridized carbons (Fsp3) is 0.125. The Kier molecular flexibility index (Phi) is 9.16. The Morgan fingerprint density at radius 1 is 0.648 bits per heavy atom. The summed E-state index contributed by atoms with van der Waals surface area (Å²) in [5, 5.41) is 0. The van der Waals surface area contributed by atoms with Crippen molar-refractivity contribution in [3.63, 3.8) is 0 Å². The fourth-order valence-electron chi connectivity index (χ4n) is 8.16. The number of nitrogens with zero attached hydrogens (tertiary/aromatic N) is 4. The zero-order valence-electron chi connectivity index (χ0n) is 30.9. The largest absolute Gasteiger partial charge is 0.502 e. The van der Waals surface area contributed by atoms with Gasteiger partial charge in [0, 0.05) is 67.2 Å². The number of pyridine rings is 1. The summed E-state index contributed by atoms with van der Waals surface area (Å²) in [6, 6.07) is 53.8. The number of hydrogen-bond acceptors (Lipinski definition) is 5. The summed E-state index contributed by atoms with van der Waals surface area (Å²) >= 11 is 0. The molecule has 0 atom stereocenters. The molecule has 0 amide bonds. The van der Waals surface area contributed by atoms with Crippen molar-refractivity contribution < 1.29 is 25.8 Å². The van der Waals surface area contributed by atoms with Crippen LogP contribution in [0.25, 0.3) is 11.3 Å². The van der Waals surface area contributed by atoms with E-state index in [1.165, 1.54) is 27.9 Å². The summed E-state index contributed by atoms with van der Waals surface area (Å²) in [4.78, 5) is 11.6.